The summed E-state index contributed by atoms with van der Waals surface area (Å²) in [6, 6.07) is 0. The van der Waals surface area contributed by atoms with Crippen LogP contribution in [0.4, 0.5) is 0 Å². The first-order chi connectivity index (χ1) is 3.81. The first kappa shape index (κ1) is 7.69. The highest BCUT2D eigenvalue weighted by Crippen LogP contribution is 2.09. The third-order valence-electron chi connectivity index (χ3n) is 0.570. The summed E-state index contributed by atoms with van der Waals surface area (Å²) < 4.78 is 7.97. The van der Waals surface area contributed by atoms with Gasteiger partial charge in [0.2, 0.25) is 6.08 Å². The minimum absolute atomic E-state index is 0.0588. The standard InChI is InChI=1S/C4H7NO2S/c1-4(7-2)8-5-3-6/h4H,1-2H3. The second-order valence-corrected chi connectivity index (χ2v) is 2.15. The molecule has 1 unspecified atom stereocenters. The molecular weight excluding hydrogens is 126 g/mol. The lowest BCUT2D eigenvalue weighted by atomic mass is 10.9. The zero-order valence-electron chi connectivity index (χ0n) is 4.75. The zero-order valence-corrected chi connectivity index (χ0v) is 5.57. The van der Waals surface area contributed by atoms with Crippen LogP contribution in [0.2, 0.25) is 0 Å². The number of hydrogen-bond acceptors (Lipinski definition) is 4. The fourth-order valence-electron chi connectivity index (χ4n) is 0.139. The van der Waals surface area contributed by atoms with Gasteiger partial charge in [-0.3, -0.25) is 0 Å². The summed E-state index contributed by atoms with van der Waals surface area (Å²) in [7, 11) is 1.55. The van der Waals surface area contributed by atoms with Crippen molar-refractivity contribution >= 4 is 18.0 Å². The number of ether oxygens (including phenoxy) is 1. The molecule has 1 atom stereocenters. The van der Waals surface area contributed by atoms with Crippen LogP contribution in [0.1, 0.15) is 6.92 Å². The Bertz CT molecular complexity index is 100. The van der Waals surface area contributed by atoms with Crippen molar-refractivity contribution in [1.29, 1.82) is 0 Å². The molecule has 0 aromatic carbocycles. The summed E-state index contributed by atoms with van der Waals surface area (Å²) >= 11 is 1.06. The van der Waals surface area contributed by atoms with Crippen LogP contribution in [0.25, 0.3) is 0 Å². The van der Waals surface area contributed by atoms with Gasteiger partial charge in [-0.2, -0.15) is 0 Å². The van der Waals surface area contributed by atoms with Crippen molar-refractivity contribution in [3.8, 4) is 0 Å². The number of nitrogens with zero attached hydrogens (tertiary/aromatic N) is 1. The average molecular weight is 133 g/mol. The van der Waals surface area contributed by atoms with E-state index in [4.69, 9.17) is 4.74 Å². The Kier molecular flexibility index (Phi) is 4.65. The van der Waals surface area contributed by atoms with Gasteiger partial charge in [-0.15, -0.1) is 4.40 Å². The zero-order chi connectivity index (χ0) is 6.41. The lowest BCUT2D eigenvalue weighted by molar-refractivity contribution is 0.188. The molecule has 0 saturated carbocycles. The molecule has 0 heterocycles. The Hall–Kier alpha value is -0.310. The van der Waals surface area contributed by atoms with Gasteiger partial charge in [-0.1, -0.05) is 0 Å². The molecule has 0 aliphatic rings. The van der Waals surface area contributed by atoms with Crippen LogP contribution in [0.5, 0.6) is 0 Å². The van der Waals surface area contributed by atoms with Crippen LogP contribution in [-0.4, -0.2) is 18.6 Å². The third-order valence-corrected chi connectivity index (χ3v) is 1.24. The summed E-state index contributed by atoms with van der Waals surface area (Å²) in [4.78, 5) is 9.46. The van der Waals surface area contributed by atoms with E-state index in [0.29, 0.717) is 0 Å². The van der Waals surface area contributed by atoms with Crippen molar-refractivity contribution in [2.45, 2.75) is 12.4 Å². The lowest BCUT2D eigenvalue weighted by Gasteiger charge is -1.99. The number of rotatable bonds is 3. The lowest BCUT2D eigenvalue weighted by Crippen LogP contribution is -1.94. The van der Waals surface area contributed by atoms with Crippen molar-refractivity contribution in [2.24, 2.45) is 4.40 Å². The molecule has 4 heteroatoms. The van der Waals surface area contributed by atoms with Gasteiger partial charge in [0.1, 0.15) is 5.44 Å². The van der Waals surface area contributed by atoms with E-state index in [-0.39, 0.29) is 5.44 Å². The van der Waals surface area contributed by atoms with E-state index in [0.717, 1.165) is 11.9 Å². The molecule has 0 rings (SSSR count). The van der Waals surface area contributed by atoms with Crippen molar-refractivity contribution in [3.05, 3.63) is 0 Å². The Labute approximate surface area is 52.3 Å². The molecule has 0 saturated heterocycles. The summed E-state index contributed by atoms with van der Waals surface area (Å²) in [5.74, 6) is 0. The predicted molar refractivity (Wildman–Crippen MR) is 32.2 cm³/mol. The van der Waals surface area contributed by atoms with Crippen molar-refractivity contribution in [3.63, 3.8) is 0 Å². The molecule has 0 aliphatic carbocycles. The van der Waals surface area contributed by atoms with E-state index in [1.165, 1.54) is 6.08 Å². The molecule has 0 amide bonds. The van der Waals surface area contributed by atoms with Gasteiger partial charge in [-0.25, -0.2) is 4.79 Å². The van der Waals surface area contributed by atoms with Crippen LogP contribution < -0.4 is 0 Å². The topological polar surface area (TPSA) is 38.7 Å². The summed E-state index contributed by atoms with van der Waals surface area (Å²) in [5, 5.41) is 0. The maximum absolute atomic E-state index is 9.46. The van der Waals surface area contributed by atoms with E-state index in [9.17, 15) is 4.79 Å². The minimum atomic E-state index is -0.0588. The number of carbonyl (C=O) groups excluding carboxylic acids is 1. The van der Waals surface area contributed by atoms with Gasteiger partial charge in [0.05, 0.1) is 0 Å². The van der Waals surface area contributed by atoms with Gasteiger partial charge >= 0.3 is 0 Å². The monoisotopic (exact) mass is 133 g/mol. The Balaban J connectivity index is 3.23. The van der Waals surface area contributed by atoms with Gasteiger partial charge < -0.3 is 4.74 Å². The van der Waals surface area contributed by atoms with E-state index in [2.05, 4.69) is 4.40 Å². The molecule has 0 aromatic heterocycles. The Morgan fingerprint density at radius 3 is 2.88 bits per heavy atom. The maximum atomic E-state index is 9.46. The van der Waals surface area contributed by atoms with E-state index in [1.54, 1.807) is 14.0 Å². The Morgan fingerprint density at radius 2 is 2.50 bits per heavy atom. The Morgan fingerprint density at radius 1 is 1.88 bits per heavy atom. The molecule has 3 nitrogen and oxygen atoms in total. The second-order valence-electron chi connectivity index (χ2n) is 1.09. The normalized spacial score (nSPS) is 12.2. The van der Waals surface area contributed by atoms with Gasteiger partial charge in [-0.05, 0) is 6.92 Å². The molecule has 0 aromatic rings. The molecule has 8 heavy (non-hydrogen) atoms. The third kappa shape index (κ3) is 3.87. The molecule has 0 N–H and O–H groups in total. The number of isocyanates is 1. The van der Waals surface area contributed by atoms with Crippen molar-refractivity contribution < 1.29 is 9.53 Å². The summed E-state index contributed by atoms with van der Waals surface area (Å²) in [5.41, 5.74) is -0.0588. The average Bonchev–Trinajstić information content (AvgIpc) is 1.83. The minimum Gasteiger partial charge on any atom is -0.369 e. The highest BCUT2D eigenvalue weighted by molar-refractivity contribution is 7.98. The van der Waals surface area contributed by atoms with E-state index < -0.39 is 0 Å². The fourth-order valence-corrected chi connectivity index (χ4v) is 0.416. The molecule has 0 bridgehead atoms. The molecule has 0 spiro atoms. The predicted octanol–water partition coefficient (Wildman–Crippen LogP) is 0.963. The van der Waals surface area contributed by atoms with Crippen LogP contribution >= 0.6 is 11.9 Å². The highest BCUT2D eigenvalue weighted by Gasteiger charge is 1.94. The summed E-state index contributed by atoms with van der Waals surface area (Å²) in [6.07, 6.45) is 1.39. The molecule has 0 radical (unpaired) electrons. The first-order valence-electron chi connectivity index (χ1n) is 2.07. The van der Waals surface area contributed by atoms with Gasteiger partial charge in [0, 0.05) is 19.1 Å². The smallest absolute Gasteiger partial charge is 0.247 e. The van der Waals surface area contributed by atoms with Crippen LogP contribution in [0.15, 0.2) is 4.40 Å². The number of hydrogen-bond donors (Lipinski definition) is 0. The van der Waals surface area contributed by atoms with E-state index in [1.807, 2.05) is 0 Å². The fraction of sp³-hybridized carbons (Fsp3) is 0.750. The molecule has 46 valence electrons. The molecule has 0 fully saturated rings. The largest absolute Gasteiger partial charge is 0.369 e. The molecular formula is C4H7NO2S. The SMILES string of the molecule is COC(C)SN=C=O. The quantitative estimate of drug-likeness (QED) is 0.249. The van der Waals surface area contributed by atoms with E-state index >= 15 is 0 Å². The second kappa shape index (κ2) is 4.84. The maximum Gasteiger partial charge on any atom is 0.247 e. The van der Waals surface area contributed by atoms with Gasteiger partial charge in [0.25, 0.3) is 0 Å². The van der Waals surface area contributed by atoms with Gasteiger partial charge in [0.15, 0.2) is 0 Å². The molecule has 0 aliphatic heterocycles. The van der Waals surface area contributed by atoms with Crippen LogP contribution in [-0.2, 0) is 9.53 Å². The first-order valence-corrected chi connectivity index (χ1v) is 2.90. The van der Waals surface area contributed by atoms with Crippen molar-refractivity contribution in [2.75, 3.05) is 7.11 Å². The van der Waals surface area contributed by atoms with Crippen molar-refractivity contribution in [1.82, 2.24) is 0 Å². The van der Waals surface area contributed by atoms with Crippen LogP contribution in [0, 0.1) is 0 Å². The highest BCUT2D eigenvalue weighted by atomic mass is 32.2. The number of methoxy groups -OCH3 is 1. The summed E-state index contributed by atoms with van der Waals surface area (Å²) in [6.45, 7) is 1.80. The van der Waals surface area contributed by atoms with Crippen LogP contribution in [0.3, 0.4) is 0 Å².